The molecule has 3 atom stereocenters. The first-order valence-corrected chi connectivity index (χ1v) is 11.4. The molecule has 2 aliphatic rings. The molecule has 0 spiro atoms. The Hall–Kier alpha value is -2.54. The van der Waals surface area contributed by atoms with E-state index in [0.29, 0.717) is 28.5 Å². The van der Waals surface area contributed by atoms with Crippen molar-refractivity contribution in [3.63, 3.8) is 0 Å². The van der Waals surface area contributed by atoms with Crippen LogP contribution in [0.2, 0.25) is 0 Å². The number of anilines is 1. The number of carbonyl (C=O) groups excluding carboxylic acids is 1. The molecule has 0 saturated heterocycles. The lowest BCUT2D eigenvalue weighted by molar-refractivity contribution is 0.0923. The minimum atomic E-state index is -3.72. The van der Waals surface area contributed by atoms with E-state index < -0.39 is 10.0 Å². The van der Waals surface area contributed by atoms with Crippen molar-refractivity contribution < 1.29 is 17.9 Å². The lowest BCUT2D eigenvalue weighted by atomic mass is 9.95. The zero-order chi connectivity index (χ0) is 20.6. The Bertz CT molecular complexity index is 1020. The van der Waals surface area contributed by atoms with Gasteiger partial charge in [0.05, 0.1) is 17.7 Å². The summed E-state index contributed by atoms with van der Waals surface area (Å²) in [6, 6.07) is 11.5. The predicted molar refractivity (Wildman–Crippen MR) is 112 cm³/mol. The highest BCUT2D eigenvalue weighted by atomic mass is 32.2. The Labute approximate surface area is 171 Å². The molecule has 2 N–H and O–H groups in total. The quantitative estimate of drug-likeness (QED) is 0.754. The summed E-state index contributed by atoms with van der Waals surface area (Å²) in [4.78, 5) is 12.8. The number of nitrogens with one attached hydrogen (secondary N) is 2. The van der Waals surface area contributed by atoms with E-state index in [1.165, 1.54) is 38.5 Å². The molecule has 2 aromatic rings. The standard InChI is InChI=1S/C22H26N2O4S/c1-14-11-17(22(25)23-21-13-15-3-4-16(21)12-15)5-10-20(14)24-29(26,27)19-8-6-18(28-2)7-9-19/h5-11,15-16,21,24H,3-4,12-13H2,1-2H3,(H,23,25)/t15-,16-,21-/m1/s1. The second-order valence-electron chi connectivity index (χ2n) is 8.07. The fourth-order valence-corrected chi connectivity index (χ4v) is 5.68. The van der Waals surface area contributed by atoms with Gasteiger partial charge in [-0.3, -0.25) is 9.52 Å². The first-order valence-electron chi connectivity index (χ1n) is 9.94. The lowest BCUT2D eigenvalue weighted by Crippen LogP contribution is -2.38. The van der Waals surface area contributed by atoms with Crippen molar-refractivity contribution in [3.8, 4) is 5.75 Å². The largest absolute Gasteiger partial charge is 0.497 e. The molecule has 29 heavy (non-hydrogen) atoms. The summed E-state index contributed by atoms with van der Waals surface area (Å²) in [5.74, 6) is 1.88. The van der Waals surface area contributed by atoms with Crippen LogP contribution in [0.1, 0.15) is 41.6 Å². The van der Waals surface area contributed by atoms with Crippen molar-refractivity contribution in [2.75, 3.05) is 11.8 Å². The van der Waals surface area contributed by atoms with E-state index in [1.807, 2.05) is 0 Å². The van der Waals surface area contributed by atoms with Gasteiger partial charge in [0, 0.05) is 11.6 Å². The van der Waals surface area contributed by atoms with Crippen molar-refractivity contribution in [2.24, 2.45) is 11.8 Å². The van der Waals surface area contributed by atoms with Crippen LogP contribution in [0, 0.1) is 18.8 Å². The third kappa shape index (κ3) is 4.10. The number of hydrogen-bond donors (Lipinski definition) is 2. The van der Waals surface area contributed by atoms with Crippen LogP contribution >= 0.6 is 0 Å². The van der Waals surface area contributed by atoms with Crippen molar-refractivity contribution in [1.29, 1.82) is 0 Å². The van der Waals surface area contributed by atoms with Gasteiger partial charge < -0.3 is 10.1 Å². The van der Waals surface area contributed by atoms with Gasteiger partial charge in [-0.05, 0) is 86.1 Å². The fraction of sp³-hybridized carbons (Fsp3) is 0.409. The Morgan fingerprint density at radius 1 is 1.07 bits per heavy atom. The highest BCUT2D eigenvalue weighted by Crippen LogP contribution is 2.44. The molecule has 0 heterocycles. The monoisotopic (exact) mass is 414 g/mol. The number of sulfonamides is 1. The molecular formula is C22H26N2O4S. The first-order chi connectivity index (χ1) is 13.9. The van der Waals surface area contributed by atoms with Crippen LogP contribution in [0.15, 0.2) is 47.4 Å². The Morgan fingerprint density at radius 3 is 2.41 bits per heavy atom. The van der Waals surface area contributed by atoms with Crippen LogP contribution < -0.4 is 14.8 Å². The number of fused-ring (bicyclic) bond motifs is 2. The van der Waals surface area contributed by atoms with Crippen LogP contribution in [-0.4, -0.2) is 27.5 Å². The number of aryl methyl sites for hydroxylation is 1. The molecule has 1 amide bonds. The zero-order valence-electron chi connectivity index (χ0n) is 16.6. The van der Waals surface area contributed by atoms with Gasteiger partial charge in [0.1, 0.15) is 5.75 Å². The minimum Gasteiger partial charge on any atom is -0.497 e. The molecule has 2 bridgehead atoms. The van der Waals surface area contributed by atoms with Crippen molar-refractivity contribution >= 4 is 21.6 Å². The van der Waals surface area contributed by atoms with Gasteiger partial charge in [0.25, 0.3) is 15.9 Å². The van der Waals surface area contributed by atoms with Crippen LogP contribution in [0.25, 0.3) is 0 Å². The van der Waals surface area contributed by atoms with E-state index in [9.17, 15) is 13.2 Å². The maximum Gasteiger partial charge on any atom is 0.261 e. The van der Waals surface area contributed by atoms with Gasteiger partial charge in [-0.25, -0.2) is 8.42 Å². The van der Waals surface area contributed by atoms with Crippen LogP contribution in [0.4, 0.5) is 5.69 Å². The van der Waals surface area contributed by atoms with Gasteiger partial charge in [0.2, 0.25) is 0 Å². The van der Waals surface area contributed by atoms with Crippen molar-refractivity contribution in [1.82, 2.24) is 5.32 Å². The smallest absolute Gasteiger partial charge is 0.261 e. The summed E-state index contributed by atoms with van der Waals surface area (Å²) in [6.45, 7) is 1.79. The van der Waals surface area contributed by atoms with E-state index in [4.69, 9.17) is 4.74 Å². The van der Waals surface area contributed by atoms with Crippen LogP contribution in [0.5, 0.6) is 5.75 Å². The minimum absolute atomic E-state index is 0.0878. The second kappa shape index (κ2) is 7.71. The highest BCUT2D eigenvalue weighted by Gasteiger charge is 2.40. The maximum atomic E-state index is 12.6. The normalized spacial score (nSPS) is 23.0. The van der Waals surface area contributed by atoms with Crippen LogP contribution in [-0.2, 0) is 10.0 Å². The Morgan fingerprint density at radius 2 is 1.83 bits per heavy atom. The second-order valence-corrected chi connectivity index (χ2v) is 9.75. The average molecular weight is 415 g/mol. The van der Waals surface area contributed by atoms with E-state index in [2.05, 4.69) is 10.0 Å². The summed E-state index contributed by atoms with van der Waals surface area (Å²) in [7, 11) is -2.20. The average Bonchev–Trinajstić information content (AvgIpc) is 3.32. The number of methoxy groups -OCH3 is 1. The highest BCUT2D eigenvalue weighted by molar-refractivity contribution is 7.92. The zero-order valence-corrected chi connectivity index (χ0v) is 17.5. The van der Waals surface area contributed by atoms with Gasteiger partial charge in [-0.1, -0.05) is 6.42 Å². The number of amides is 1. The molecule has 4 rings (SSSR count). The number of hydrogen-bond acceptors (Lipinski definition) is 4. The van der Waals surface area contributed by atoms with Gasteiger partial charge in [-0.15, -0.1) is 0 Å². The maximum absolute atomic E-state index is 12.6. The van der Waals surface area contributed by atoms with E-state index in [0.717, 1.165) is 12.3 Å². The predicted octanol–water partition coefficient (Wildman–Crippen LogP) is 3.72. The summed E-state index contributed by atoms with van der Waals surface area (Å²) < 4.78 is 33.0. The molecule has 0 aliphatic heterocycles. The summed E-state index contributed by atoms with van der Waals surface area (Å²) in [5, 5.41) is 3.17. The third-order valence-electron chi connectivity index (χ3n) is 6.16. The molecule has 154 valence electrons. The molecule has 6 nitrogen and oxygen atoms in total. The van der Waals surface area contributed by atoms with E-state index >= 15 is 0 Å². The number of rotatable bonds is 6. The Balaban J connectivity index is 1.45. The van der Waals surface area contributed by atoms with E-state index in [1.54, 1.807) is 37.3 Å². The van der Waals surface area contributed by atoms with E-state index in [-0.39, 0.29) is 16.8 Å². The molecule has 0 unspecified atom stereocenters. The molecule has 2 saturated carbocycles. The SMILES string of the molecule is COc1ccc(S(=O)(=O)Nc2ccc(C(=O)N[C@@H]3C[C@@H]4CC[C@@H]3C4)cc2C)cc1. The van der Waals surface area contributed by atoms with Gasteiger partial charge in [-0.2, -0.15) is 0 Å². The summed E-state index contributed by atoms with van der Waals surface area (Å²) in [5.41, 5.74) is 1.71. The van der Waals surface area contributed by atoms with Gasteiger partial charge >= 0.3 is 0 Å². The summed E-state index contributed by atoms with van der Waals surface area (Å²) in [6.07, 6.45) is 4.81. The molecule has 0 aromatic heterocycles. The van der Waals surface area contributed by atoms with Crippen LogP contribution in [0.3, 0.4) is 0 Å². The lowest BCUT2D eigenvalue weighted by Gasteiger charge is -2.23. The molecular weight excluding hydrogens is 388 g/mol. The van der Waals surface area contributed by atoms with Crippen molar-refractivity contribution in [2.45, 2.75) is 43.5 Å². The van der Waals surface area contributed by atoms with Gasteiger partial charge in [0.15, 0.2) is 0 Å². The molecule has 2 aliphatic carbocycles. The fourth-order valence-electron chi connectivity index (χ4n) is 4.55. The molecule has 7 heteroatoms. The molecule has 2 aromatic carbocycles. The number of benzene rings is 2. The summed E-state index contributed by atoms with van der Waals surface area (Å²) >= 11 is 0. The number of ether oxygens (including phenoxy) is 1. The van der Waals surface area contributed by atoms with Crippen molar-refractivity contribution in [3.05, 3.63) is 53.6 Å². The topological polar surface area (TPSA) is 84.5 Å². The Kier molecular flexibility index (Phi) is 5.25. The first kappa shape index (κ1) is 19.8. The molecule has 0 radical (unpaired) electrons. The molecule has 2 fully saturated rings. The third-order valence-corrected chi connectivity index (χ3v) is 7.54. The number of carbonyl (C=O) groups is 1.